The normalized spacial score (nSPS) is 11.6. The number of nitrogens with zero attached hydrogens (tertiary/aromatic N) is 3. The third-order valence-corrected chi connectivity index (χ3v) is 3.09. The fourth-order valence-electron chi connectivity index (χ4n) is 2.10. The zero-order valence-electron chi connectivity index (χ0n) is 11.9. The van der Waals surface area contributed by atoms with Gasteiger partial charge in [-0.2, -0.15) is 18.3 Å². The average molecular weight is 312 g/mol. The van der Waals surface area contributed by atoms with Crippen molar-refractivity contribution in [3.8, 4) is 0 Å². The molecular formula is C14H15F3N4O. The van der Waals surface area contributed by atoms with Gasteiger partial charge in [-0.25, -0.2) is 9.67 Å². The lowest BCUT2D eigenvalue weighted by Gasteiger charge is -2.12. The summed E-state index contributed by atoms with van der Waals surface area (Å²) in [7, 11) is 0. The Kier molecular flexibility index (Phi) is 4.48. The third kappa shape index (κ3) is 3.63. The fraction of sp³-hybridized carbons (Fsp3) is 0.357. The monoisotopic (exact) mass is 312 g/mol. The minimum atomic E-state index is -4.45. The molecule has 0 aliphatic rings. The van der Waals surface area contributed by atoms with Gasteiger partial charge in [0, 0.05) is 12.8 Å². The van der Waals surface area contributed by atoms with E-state index in [-0.39, 0.29) is 24.4 Å². The molecule has 0 unspecified atom stereocenters. The van der Waals surface area contributed by atoms with Crippen molar-refractivity contribution in [1.82, 2.24) is 14.8 Å². The van der Waals surface area contributed by atoms with Crippen molar-refractivity contribution in [2.45, 2.75) is 32.5 Å². The second kappa shape index (κ2) is 6.17. The Morgan fingerprint density at radius 2 is 2.00 bits per heavy atom. The first-order chi connectivity index (χ1) is 10.3. The number of alkyl halides is 3. The molecule has 0 bridgehead atoms. The van der Waals surface area contributed by atoms with E-state index in [1.807, 2.05) is 6.92 Å². The van der Waals surface area contributed by atoms with Crippen LogP contribution in [0.4, 0.5) is 13.2 Å². The Balaban J connectivity index is 2.39. The van der Waals surface area contributed by atoms with Gasteiger partial charge in [-0.15, -0.1) is 0 Å². The highest BCUT2D eigenvalue weighted by Gasteiger charge is 2.33. The van der Waals surface area contributed by atoms with E-state index in [2.05, 4.69) is 10.1 Å². The van der Waals surface area contributed by atoms with E-state index in [0.717, 1.165) is 6.07 Å². The Labute approximate surface area is 125 Å². The number of aromatic nitrogens is 3. The number of benzene rings is 1. The first-order valence-corrected chi connectivity index (χ1v) is 6.67. The van der Waals surface area contributed by atoms with Gasteiger partial charge in [-0.1, -0.05) is 25.1 Å². The zero-order chi connectivity index (χ0) is 16.3. The molecule has 2 N–H and O–H groups in total. The van der Waals surface area contributed by atoms with Crippen LogP contribution in [0.2, 0.25) is 0 Å². The molecule has 2 aromatic rings. The molecule has 0 fully saturated rings. The lowest BCUT2D eigenvalue weighted by molar-refractivity contribution is -0.138. The molecule has 1 heterocycles. The molecule has 1 aromatic carbocycles. The van der Waals surface area contributed by atoms with E-state index in [1.165, 1.54) is 22.9 Å². The number of nitrogens with two attached hydrogens (primary N) is 1. The van der Waals surface area contributed by atoms with E-state index in [1.54, 1.807) is 0 Å². The second-order valence-corrected chi connectivity index (χ2v) is 4.75. The second-order valence-electron chi connectivity index (χ2n) is 4.75. The van der Waals surface area contributed by atoms with Gasteiger partial charge >= 0.3 is 6.18 Å². The Hall–Kier alpha value is -2.38. The minimum absolute atomic E-state index is 0.0734. The summed E-state index contributed by atoms with van der Waals surface area (Å²) < 4.78 is 40.3. The molecule has 0 saturated heterocycles. The van der Waals surface area contributed by atoms with E-state index in [4.69, 9.17) is 5.73 Å². The predicted molar refractivity (Wildman–Crippen MR) is 72.8 cm³/mol. The van der Waals surface area contributed by atoms with Crippen molar-refractivity contribution in [3.63, 3.8) is 0 Å². The maximum atomic E-state index is 13.0. The molecule has 0 atom stereocenters. The first-order valence-electron chi connectivity index (χ1n) is 6.67. The van der Waals surface area contributed by atoms with E-state index >= 15 is 0 Å². The number of amides is 1. The maximum Gasteiger partial charge on any atom is 0.416 e. The smallest absolute Gasteiger partial charge is 0.368 e. The highest BCUT2D eigenvalue weighted by atomic mass is 19.4. The molecule has 1 amide bonds. The lowest BCUT2D eigenvalue weighted by Crippen LogP contribution is -2.21. The van der Waals surface area contributed by atoms with Gasteiger partial charge in [-0.05, 0) is 11.6 Å². The molecule has 0 saturated carbocycles. The Morgan fingerprint density at radius 1 is 1.32 bits per heavy atom. The number of carbonyl (C=O) groups is 1. The highest BCUT2D eigenvalue weighted by molar-refractivity contribution is 5.73. The fourth-order valence-corrected chi connectivity index (χ4v) is 2.10. The van der Waals surface area contributed by atoms with Gasteiger partial charge in [0.2, 0.25) is 5.91 Å². The summed E-state index contributed by atoms with van der Waals surface area (Å²) in [6.07, 6.45) is -4.01. The number of halogens is 3. The molecule has 1 aromatic heterocycles. The van der Waals surface area contributed by atoms with E-state index in [9.17, 15) is 18.0 Å². The summed E-state index contributed by atoms with van der Waals surface area (Å²) in [5, 5.41) is 4.08. The van der Waals surface area contributed by atoms with E-state index < -0.39 is 17.6 Å². The van der Waals surface area contributed by atoms with E-state index in [0.29, 0.717) is 12.2 Å². The van der Waals surface area contributed by atoms with Gasteiger partial charge in [-0.3, -0.25) is 4.79 Å². The van der Waals surface area contributed by atoms with Crippen molar-refractivity contribution in [2.75, 3.05) is 0 Å². The number of aryl methyl sites for hydroxylation is 1. The van der Waals surface area contributed by atoms with Crippen LogP contribution in [0.1, 0.15) is 29.7 Å². The molecule has 8 heteroatoms. The van der Waals surface area contributed by atoms with Crippen LogP contribution in [0.15, 0.2) is 24.3 Å². The average Bonchev–Trinajstić information content (AvgIpc) is 2.79. The van der Waals surface area contributed by atoms with Crippen LogP contribution < -0.4 is 5.73 Å². The number of hydrogen-bond donors (Lipinski definition) is 1. The summed E-state index contributed by atoms with van der Waals surface area (Å²) in [4.78, 5) is 15.2. The van der Waals surface area contributed by atoms with Crippen LogP contribution in [-0.4, -0.2) is 20.7 Å². The molecule has 0 spiro atoms. The maximum absolute atomic E-state index is 13.0. The summed E-state index contributed by atoms with van der Waals surface area (Å²) in [6, 6.07) is 5.26. The molecular weight excluding hydrogens is 297 g/mol. The molecule has 22 heavy (non-hydrogen) atoms. The predicted octanol–water partition coefficient (Wildman–Crippen LogP) is 1.94. The Bertz CT molecular complexity index is 679. The number of carbonyl (C=O) groups excluding carboxylic acids is 1. The van der Waals surface area contributed by atoms with Gasteiger partial charge in [0.05, 0.1) is 5.56 Å². The molecule has 5 nitrogen and oxygen atoms in total. The summed E-state index contributed by atoms with van der Waals surface area (Å²) in [5.41, 5.74) is 4.49. The molecule has 118 valence electrons. The Morgan fingerprint density at radius 3 is 2.59 bits per heavy atom. The summed E-state index contributed by atoms with van der Waals surface area (Å²) in [6.45, 7) is 1.61. The van der Waals surface area contributed by atoms with Crippen LogP contribution in [0.25, 0.3) is 0 Å². The van der Waals surface area contributed by atoms with Crippen LogP contribution in [-0.2, 0) is 30.4 Å². The van der Waals surface area contributed by atoms with Gasteiger partial charge in [0.1, 0.15) is 12.4 Å². The number of rotatable bonds is 5. The standard InChI is InChI=1S/C14H15F3N4O/c1-2-12-19-13(21(20-12)8-11(18)22)7-9-5-3-4-6-10(9)14(15,16)17/h3-6H,2,7-8H2,1H3,(H2,18,22). The van der Waals surface area contributed by atoms with Crippen LogP contribution >= 0.6 is 0 Å². The SMILES string of the molecule is CCc1nc(Cc2ccccc2C(F)(F)F)n(CC(N)=O)n1. The first kappa shape index (κ1) is 16.0. The third-order valence-electron chi connectivity index (χ3n) is 3.09. The highest BCUT2D eigenvalue weighted by Crippen LogP contribution is 2.32. The minimum Gasteiger partial charge on any atom is -0.368 e. The van der Waals surface area contributed by atoms with Crippen molar-refractivity contribution >= 4 is 5.91 Å². The molecule has 0 aliphatic carbocycles. The van der Waals surface area contributed by atoms with Crippen molar-refractivity contribution in [3.05, 3.63) is 47.0 Å². The van der Waals surface area contributed by atoms with Crippen LogP contribution in [0.5, 0.6) is 0 Å². The molecule has 0 radical (unpaired) electrons. The van der Waals surface area contributed by atoms with Crippen LogP contribution in [0, 0.1) is 0 Å². The van der Waals surface area contributed by atoms with Crippen molar-refractivity contribution in [2.24, 2.45) is 5.73 Å². The van der Waals surface area contributed by atoms with Gasteiger partial charge in [0.15, 0.2) is 5.82 Å². The quantitative estimate of drug-likeness (QED) is 0.917. The lowest BCUT2D eigenvalue weighted by atomic mass is 10.0. The summed E-state index contributed by atoms with van der Waals surface area (Å²) >= 11 is 0. The summed E-state index contributed by atoms with van der Waals surface area (Å²) in [5.74, 6) is 0.117. The topological polar surface area (TPSA) is 73.8 Å². The number of hydrogen-bond acceptors (Lipinski definition) is 3. The van der Waals surface area contributed by atoms with Crippen LogP contribution in [0.3, 0.4) is 0 Å². The van der Waals surface area contributed by atoms with Gasteiger partial charge < -0.3 is 5.73 Å². The van der Waals surface area contributed by atoms with Crippen molar-refractivity contribution in [1.29, 1.82) is 0 Å². The van der Waals surface area contributed by atoms with Gasteiger partial charge in [0.25, 0.3) is 0 Å². The number of primary amides is 1. The van der Waals surface area contributed by atoms with Crippen molar-refractivity contribution < 1.29 is 18.0 Å². The largest absolute Gasteiger partial charge is 0.416 e. The zero-order valence-corrected chi connectivity index (χ0v) is 11.9. The molecule has 2 rings (SSSR count). The molecule has 0 aliphatic heterocycles.